The topological polar surface area (TPSA) is 17.1 Å². The van der Waals surface area contributed by atoms with Gasteiger partial charge in [-0.15, -0.1) is 0 Å². The normalized spacial score (nSPS) is 19.8. The maximum Gasteiger partial charge on any atom is 0.193 e. The second kappa shape index (κ2) is 9.50. The Labute approximate surface area is 184 Å². The summed E-state index contributed by atoms with van der Waals surface area (Å²) in [7, 11) is 0. The Morgan fingerprint density at radius 2 is 1.70 bits per heavy atom. The van der Waals surface area contributed by atoms with Crippen LogP contribution in [0.2, 0.25) is 0 Å². The minimum absolute atomic E-state index is 0.0613. The predicted molar refractivity (Wildman–Crippen MR) is 129 cm³/mol. The van der Waals surface area contributed by atoms with E-state index in [1.54, 1.807) is 0 Å². The van der Waals surface area contributed by atoms with E-state index >= 15 is 0 Å². The number of ketones is 1. The fourth-order valence-electron chi connectivity index (χ4n) is 5.12. The van der Waals surface area contributed by atoms with E-state index < -0.39 is 0 Å². The molecule has 3 rings (SSSR count). The molecule has 0 bridgehead atoms. The van der Waals surface area contributed by atoms with Crippen molar-refractivity contribution in [2.45, 2.75) is 91.4 Å². The van der Waals surface area contributed by atoms with Gasteiger partial charge in [-0.2, -0.15) is 0 Å². The van der Waals surface area contributed by atoms with Gasteiger partial charge >= 0.3 is 0 Å². The zero-order valence-electron chi connectivity index (χ0n) is 19.9. The summed E-state index contributed by atoms with van der Waals surface area (Å²) in [6.45, 7) is 13.4. The molecule has 162 valence electrons. The third-order valence-corrected chi connectivity index (χ3v) is 7.06. The number of carbonyl (C=O) groups is 1. The van der Waals surface area contributed by atoms with Gasteiger partial charge in [-0.1, -0.05) is 104 Å². The molecule has 30 heavy (non-hydrogen) atoms. The van der Waals surface area contributed by atoms with Gasteiger partial charge in [0.05, 0.1) is 0 Å². The van der Waals surface area contributed by atoms with Gasteiger partial charge in [0.25, 0.3) is 0 Å². The zero-order chi connectivity index (χ0) is 21.9. The van der Waals surface area contributed by atoms with Crippen LogP contribution in [-0.4, -0.2) is 5.78 Å². The van der Waals surface area contributed by atoms with Gasteiger partial charge in [0.1, 0.15) is 0 Å². The summed E-state index contributed by atoms with van der Waals surface area (Å²) < 4.78 is 0. The highest BCUT2D eigenvalue weighted by Gasteiger charge is 2.25. The first-order valence-electron chi connectivity index (χ1n) is 12.0. The Morgan fingerprint density at radius 1 is 1.00 bits per heavy atom. The first kappa shape index (κ1) is 22.8. The Kier molecular flexibility index (Phi) is 7.22. The van der Waals surface area contributed by atoms with Crippen molar-refractivity contribution in [2.75, 3.05) is 0 Å². The van der Waals surface area contributed by atoms with Crippen LogP contribution < -0.4 is 0 Å². The van der Waals surface area contributed by atoms with Gasteiger partial charge in [0.2, 0.25) is 0 Å². The molecule has 1 fully saturated rings. The average Bonchev–Trinajstić information content (AvgIpc) is 2.71. The zero-order valence-corrected chi connectivity index (χ0v) is 19.9. The molecule has 2 aromatic rings. The summed E-state index contributed by atoms with van der Waals surface area (Å²) in [5.41, 5.74) is 5.30. The number of hydrogen-bond acceptors (Lipinski definition) is 1. The van der Waals surface area contributed by atoms with Crippen molar-refractivity contribution in [1.82, 2.24) is 0 Å². The predicted octanol–water partition coefficient (Wildman–Crippen LogP) is 8.10. The molecule has 2 aromatic carbocycles. The Hall–Kier alpha value is -1.89. The summed E-state index contributed by atoms with van der Waals surface area (Å²) in [5.74, 6) is 2.18. The van der Waals surface area contributed by atoms with Crippen LogP contribution >= 0.6 is 0 Å². The second-order valence-electron chi connectivity index (χ2n) is 10.8. The van der Waals surface area contributed by atoms with E-state index in [0.717, 1.165) is 40.5 Å². The summed E-state index contributed by atoms with van der Waals surface area (Å²) in [5, 5.41) is 0. The molecule has 0 aliphatic heterocycles. The van der Waals surface area contributed by atoms with Gasteiger partial charge in [0.15, 0.2) is 5.78 Å². The lowest BCUT2D eigenvalue weighted by Gasteiger charge is -2.29. The first-order valence-corrected chi connectivity index (χ1v) is 12.0. The highest BCUT2D eigenvalue weighted by molar-refractivity contribution is 6.11. The van der Waals surface area contributed by atoms with Crippen molar-refractivity contribution in [2.24, 2.45) is 11.8 Å². The average molecular weight is 405 g/mol. The van der Waals surface area contributed by atoms with Crippen molar-refractivity contribution in [3.8, 4) is 0 Å². The van der Waals surface area contributed by atoms with Crippen LogP contribution in [0, 0.1) is 11.8 Å². The molecule has 1 aliphatic rings. The van der Waals surface area contributed by atoms with E-state index in [2.05, 4.69) is 65.8 Å². The third kappa shape index (κ3) is 5.23. The maximum absolute atomic E-state index is 13.7. The molecule has 2 atom stereocenters. The largest absolute Gasteiger partial charge is 0.289 e. The van der Waals surface area contributed by atoms with E-state index in [1.807, 2.05) is 18.2 Å². The Morgan fingerprint density at radius 3 is 2.37 bits per heavy atom. The SMILES string of the molecule is CC(C)c1ccccc1C(=O)c1cc(CCC2CCCCC2C)ccc1C(C)(C)C. The first-order chi connectivity index (χ1) is 14.2. The second-order valence-corrected chi connectivity index (χ2v) is 10.8. The molecule has 0 radical (unpaired) electrons. The minimum atomic E-state index is -0.0613. The molecule has 0 spiro atoms. The lowest BCUT2D eigenvalue weighted by Crippen LogP contribution is -2.19. The lowest BCUT2D eigenvalue weighted by molar-refractivity contribution is 0.103. The lowest BCUT2D eigenvalue weighted by atomic mass is 9.76. The van der Waals surface area contributed by atoms with E-state index in [-0.39, 0.29) is 11.2 Å². The Bertz CT molecular complexity index is 868. The minimum Gasteiger partial charge on any atom is -0.289 e. The summed E-state index contributed by atoms with van der Waals surface area (Å²) >= 11 is 0. The van der Waals surface area contributed by atoms with Crippen LogP contribution in [-0.2, 0) is 11.8 Å². The highest BCUT2D eigenvalue weighted by Crippen LogP contribution is 2.34. The van der Waals surface area contributed by atoms with Gasteiger partial charge in [-0.05, 0) is 58.8 Å². The van der Waals surface area contributed by atoms with Crippen molar-refractivity contribution >= 4 is 5.78 Å². The Balaban J connectivity index is 1.93. The molecule has 1 heteroatoms. The maximum atomic E-state index is 13.7. The van der Waals surface area contributed by atoms with E-state index in [1.165, 1.54) is 37.7 Å². The summed E-state index contributed by atoms with van der Waals surface area (Å²) in [4.78, 5) is 13.7. The quantitative estimate of drug-likeness (QED) is 0.444. The molecular weight excluding hydrogens is 364 g/mol. The van der Waals surface area contributed by atoms with E-state index in [4.69, 9.17) is 0 Å². The monoisotopic (exact) mass is 404 g/mol. The number of hydrogen-bond donors (Lipinski definition) is 0. The van der Waals surface area contributed by atoms with Crippen molar-refractivity contribution in [3.05, 3.63) is 70.3 Å². The fourth-order valence-corrected chi connectivity index (χ4v) is 5.12. The molecular formula is C29H40O. The number of benzene rings is 2. The van der Waals surface area contributed by atoms with Crippen LogP contribution in [0.15, 0.2) is 42.5 Å². The third-order valence-electron chi connectivity index (χ3n) is 7.06. The van der Waals surface area contributed by atoms with Crippen LogP contribution in [0.4, 0.5) is 0 Å². The van der Waals surface area contributed by atoms with E-state index in [9.17, 15) is 4.79 Å². The molecule has 0 aromatic heterocycles. The molecule has 0 N–H and O–H groups in total. The van der Waals surface area contributed by atoms with Gasteiger partial charge in [-0.25, -0.2) is 0 Å². The number of rotatable bonds is 6. The highest BCUT2D eigenvalue weighted by atomic mass is 16.1. The van der Waals surface area contributed by atoms with Crippen molar-refractivity contribution < 1.29 is 4.79 Å². The molecule has 1 saturated carbocycles. The molecule has 1 aliphatic carbocycles. The fraction of sp³-hybridized carbons (Fsp3) is 0.552. The summed E-state index contributed by atoms with van der Waals surface area (Å²) in [6.07, 6.45) is 7.84. The number of aryl methyl sites for hydroxylation is 1. The van der Waals surface area contributed by atoms with Crippen molar-refractivity contribution in [1.29, 1.82) is 0 Å². The molecule has 2 unspecified atom stereocenters. The molecule has 0 heterocycles. The van der Waals surface area contributed by atoms with Crippen molar-refractivity contribution in [3.63, 3.8) is 0 Å². The van der Waals surface area contributed by atoms with Crippen LogP contribution in [0.3, 0.4) is 0 Å². The van der Waals surface area contributed by atoms with Gasteiger partial charge < -0.3 is 0 Å². The standard InChI is InChI=1S/C29H40O/c1-20(2)24-13-9-10-14-25(24)28(30)26-19-22(16-18-27(26)29(4,5)6)15-17-23-12-8-7-11-21(23)3/h9-10,13-14,16,18-21,23H,7-8,11-12,15,17H2,1-6H3. The van der Waals surface area contributed by atoms with Crippen LogP contribution in [0.5, 0.6) is 0 Å². The molecule has 1 nitrogen and oxygen atoms in total. The number of carbonyl (C=O) groups excluding carboxylic acids is 1. The van der Waals surface area contributed by atoms with Gasteiger partial charge in [0, 0.05) is 11.1 Å². The molecule has 0 amide bonds. The van der Waals surface area contributed by atoms with Gasteiger partial charge in [-0.3, -0.25) is 4.79 Å². The molecule has 0 saturated heterocycles. The van der Waals surface area contributed by atoms with Crippen LogP contribution in [0.1, 0.15) is 112 Å². The van der Waals surface area contributed by atoms with E-state index in [0.29, 0.717) is 5.92 Å². The summed E-state index contributed by atoms with van der Waals surface area (Å²) in [6, 6.07) is 14.8. The smallest absolute Gasteiger partial charge is 0.193 e. The van der Waals surface area contributed by atoms with Crippen LogP contribution in [0.25, 0.3) is 0 Å².